The van der Waals surface area contributed by atoms with Crippen LogP contribution < -0.4 is 0 Å². The van der Waals surface area contributed by atoms with E-state index in [1.165, 1.54) is 26.2 Å². The Labute approximate surface area is 145 Å². The quantitative estimate of drug-likeness (QED) is 0.673. The van der Waals surface area contributed by atoms with E-state index in [9.17, 15) is 9.59 Å². The van der Waals surface area contributed by atoms with Crippen LogP contribution in [0.15, 0.2) is 12.2 Å². The summed E-state index contributed by atoms with van der Waals surface area (Å²) in [5.74, 6) is 2.73. The molecule has 3 fully saturated rings. The van der Waals surface area contributed by atoms with Crippen LogP contribution in [0.3, 0.4) is 0 Å². The van der Waals surface area contributed by atoms with Gasteiger partial charge in [0.1, 0.15) is 6.10 Å². The smallest absolute Gasteiger partial charge is 0.302 e. The van der Waals surface area contributed by atoms with Gasteiger partial charge in [0, 0.05) is 12.3 Å². The van der Waals surface area contributed by atoms with Crippen molar-refractivity contribution >= 4 is 11.8 Å². The summed E-state index contributed by atoms with van der Waals surface area (Å²) in [6, 6.07) is 0. The van der Waals surface area contributed by atoms with E-state index in [1.54, 1.807) is 0 Å². The van der Waals surface area contributed by atoms with Gasteiger partial charge in [0.25, 0.3) is 0 Å². The number of hydrogen-bond acceptors (Lipinski definition) is 3. The average Bonchev–Trinajstić information content (AvgIpc) is 2.83. The fraction of sp³-hybridized carbons (Fsp3) is 0.810. The van der Waals surface area contributed by atoms with Crippen LogP contribution in [0, 0.1) is 34.5 Å². The number of fused-ring (bicyclic) bond motifs is 5. The summed E-state index contributed by atoms with van der Waals surface area (Å²) in [5.41, 5.74) is 0.236. The molecule has 4 aliphatic carbocycles. The Balaban J connectivity index is 1.55. The van der Waals surface area contributed by atoms with Crippen LogP contribution in [0.5, 0.6) is 0 Å². The highest BCUT2D eigenvalue weighted by Crippen LogP contribution is 2.64. The van der Waals surface area contributed by atoms with Crippen molar-refractivity contribution in [1.82, 2.24) is 0 Å². The molecule has 0 aromatic rings. The van der Waals surface area contributed by atoms with Crippen LogP contribution in [0.4, 0.5) is 0 Å². The van der Waals surface area contributed by atoms with Gasteiger partial charge in [-0.15, -0.1) is 0 Å². The molecule has 0 N–H and O–H groups in total. The van der Waals surface area contributed by atoms with E-state index in [4.69, 9.17) is 4.74 Å². The number of carbonyl (C=O) groups is 2. The standard InChI is InChI=1S/C21H30O3/c1-13(22)24-15-8-10-20(2)14(12-15)4-5-16-17-6-7-19(23)21(17,3)11-9-18(16)20/h6-7,14-18H,4-5,8-12H2,1-3H3/t14?,15-,16-,17-,18?,20-,21-/m0/s1. The summed E-state index contributed by atoms with van der Waals surface area (Å²) in [7, 11) is 0. The molecule has 0 aliphatic heterocycles. The van der Waals surface area contributed by atoms with Crippen molar-refractivity contribution in [3.05, 3.63) is 12.2 Å². The van der Waals surface area contributed by atoms with Gasteiger partial charge in [0.15, 0.2) is 5.78 Å². The zero-order valence-corrected chi connectivity index (χ0v) is 15.2. The normalized spacial score (nSPS) is 50.0. The van der Waals surface area contributed by atoms with Crippen LogP contribution in [0.1, 0.15) is 65.7 Å². The Kier molecular flexibility index (Phi) is 3.71. The van der Waals surface area contributed by atoms with Gasteiger partial charge in [-0.25, -0.2) is 0 Å². The van der Waals surface area contributed by atoms with E-state index in [1.807, 2.05) is 6.08 Å². The Bertz CT molecular complexity index is 594. The topological polar surface area (TPSA) is 43.4 Å². The van der Waals surface area contributed by atoms with Crippen molar-refractivity contribution in [1.29, 1.82) is 0 Å². The molecule has 0 aromatic heterocycles. The van der Waals surface area contributed by atoms with Crippen LogP contribution in [-0.4, -0.2) is 17.9 Å². The molecule has 0 heterocycles. The first kappa shape index (κ1) is 16.4. The van der Waals surface area contributed by atoms with E-state index >= 15 is 0 Å². The minimum Gasteiger partial charge on any atom is -0.463 e. The zero-order chi connectivity index (χ0) is 17.1. The summed E-state index contributed by atoms with van der Waals surface area (Å²) >= 11 is 0. The van der Waals surface area contributed by atoms with Crippen molar-refractivity contribution in [3.8, 4) is 0 Å². The molecular formula is C21H30O3. The summed E-state index contributed by atoms with van der Waals surface area (Å²) in [5, 5.41) is 0. The first-order valence-corrected chi connectivity index (χ1v) is 9.74. The lowest BCUT2D eigenvalue weighted by molar-refractivity contribution is -0.159. The number of ketones is 1. The number of allylic oxidation sites excluding steroid dienone is 2. The first-order chi connectivity index (χ1) is 11.3. The molecule has 3 nitrogen and oxygen atoms in total. The molecule has 3 heteroatoms. The average molecular weight is 330 g/mol. The third-order valence-corrected chi connectivity index (χ3v) is 8.22. The third-order valence-electron chi connectivity index (χ3n) is 8.22. The molecule has 4 aliphatic rings. The molecule has 7 atom stereocenters. The van der Waals surface area contributed by atoms with Gasteiger partial charge < -0.3 is 4.74 Å². The highest BCUT2D eigenvalue weighted by molar-refractivity contribution is 5.97. The van der Waals surface area contributed by atoms with Crippen LogP contribution in [0.2, 0.25) is 0 Å². The monoisotopic (exact) mass is 330 g/mol. The highest BCUT2D eigenvalue weighted by atomic mass is 16.5. The van der Waals surface area contributed by atoms with Crippen LogP contribution in [0.25, 0.3) is 0 Å². The largest absolute Gasteiger partial charge is 0.463 e. The van der Waals surface area contributed by atoms with Gasteiger partial charge in [-0.3, -0.25) is 9.59 Å². The van der Waals surface area contributed by atoms with Gasteiger partial charge in [-0.1, -0.05) is 19.9 Å². The minimum atomic E-state index is -0.139. The maximum Gasteiger partial charge on any atom is 0.302 e. The van der Waals surface area contributed by atoms with Gasteiger partial charge in [0.2, 0.25) is 0 Å². The SMILES string of the molecule is CC(=O)O[C@H]1CC[C@@]2(C)C(CC[C@@H]3C2CC[C@]2(C)C(=O)C=C[C@@H]32)C1. The zero-order valence-electron chi connectivity index (χ0n) is 15.2. The van der Waals surface area contributed by atoms with Crippen LogP contribution in [-0.2, 0) is 14.3 Å². The lowest BCUT2D eigenvalue weighted by Gasteiger charge is -2.60. The third kappa shape index (κ3) is 2.23. The molecule has 0 bridgehead atoms. The van der Waals surface area contributed by atoms with Crippen molar-refractivity contribution in [3.63, 3.8) is 0 Å². The molecule has 0 spiro atoms. The second-order valence-electron chi connectivity index (χ2n) is 9.26. The van der Waals surface area contributed by atoms with Crippen LogP contribution >= 0.6 is 0 Å². The number of esters is 1. The number of ether oxygens (including phenoxy) is 1. The minimum absolute atomic E-state index is 0.124. The van der Waals surface area contributed by atoms with Gasteiger partial charge in [-0.2, -0.15) is 0 Å². The van der Waals surface area contributed by atoms with Gasteiger partial charge in [-0.05, 0) is 80.1 Å². The predicted molar refractivity (Wildman–Crippen MR) is 92.2 cm³/mol. The molecule has 4 rings (SSSR count). The first-order valence-electron chi connectivity index (χ1n) is 9.74. The molecule has 3 saturated carbocycles. The second kappa shape index (κ2) is 5.44. The highest BCUT2D eigenvalue weighted by Gasteiger charge is 2.59. The van der Waals surface area contributed by atoms with E-state index < -0.39 is 0 Å². The van der Waals surface area contributed by atoms with Gasteiger partial charge >= 0.3 is 5.97 Å². The summed E-state index contributed by atoms with van der Waals surface area (Å²) in [6.07, 6.45) is 12.1. The maximum absolute atomic E-state index is 12.4. The van der Waals surface area contributed by atoms with E-state index in [0.29, 0.717) is 29.0 Å². The summed E-state index contributed by atoms with van der Waals surface area (Å²) in [4.78, 5) is 23.7. The molecule has 132 valence electrons. The molecule has 0 amide bonds. The molecule has 0 saturated heterocycles. The Morgan fingerprint density at radius 3 is 2.71 bits per heavy atom. The van der Waals surface area contributed by atoms with E-state index in [2.05, 4.69) is 19.9 Å². The molecular weight excluding hydrogens is 300 g/mol. The second-order valence-corrected chi connectivity index (χ2v) is 9.26. The van der Waals surface area contributed by atoms with Gasteiger partial charge in [0.05, 0.1) is 0 Å². The molecule has 24 heavy (non-hydrogen) atoms. The number of hydrogen-bond donors (Lipinski definition) is 0. The van der Waals surface area contributed by atoms with Crippen molar-refractivity contribution in [2.24, 2.45) is 34.5 Å². The fourth-order valence-electron chi connectivity index (χ4n) is 6.83. The number of rotatable bonds is 1. The lowest BCUT2D eigenvalue weighted by Crippen LogP contribution is -2.54. The van der Waals surface area contributed by atoms with Crippen molar-refractivity contribution in [2.75, 3.05) is 0 Å². The maximum atomic E-state index is 12.4. The van der Waals surface area contributed by atoms with E-state index in [-0.39, 0.29) is 17.5 Å². The molecule has 2 unspecified atom stereocenters. The van der Waals surface area contributed by atoms with Crippen molar-refractivity contribution < 1.29 is 14.3 Å². The summed E-state index contributed by atoms with van der Waals surface area (Å²) in [6.45, 7) is 6.21. The Morgan fingerprint density at radius 2 is 1.96 bits per heavy atom. The fourth-order valence-corrected chi connectivity index (χ4v) is 6.83. The van der Waals surface area contributed by atoms with E-state index in [0.717, 1.165) is 31.6 Å². The predicted octanol–water partition coefficient (Wildman–Crippen LogP) is 4.31. The Hall–Kier alpha value is -1.12. The lowest BCUT2D eigenvalue weighted by atomic mass is 9.45. The molecule has 0 aromatic carbocycles. The summed E-state index contributed by atoms with van der Waals surface area (Å²) < 4.78 is 5.53. The van der Waals surface area contributed by atoms with Crippen molar-refractivity contribution in [2.45, 2.75) is 71.8 Å². The Morgan fingerprint density at radius 1 is 1.17 bits per heavy atom. The molecule has 0 radical (unpaired) electrons. The number of carbonyl (C=O) groups excluding carboxylic acids is 2.